The standard InChI is InChI=1S/C25H29NO4/c1-5-7-13-26-22(18-9-8-10-20(15-18)30-6-2)21(24(28)25(26)29)23(27)19-12-11-16(3)17(4)14-19/h8-12,14-15,22,27H,5-7,13H2,1-4H3/b23-21-. The van der Waals surface area contributed by atoms with Crippen LogP contribution in [0.2, 0.25) is 0 Å². The van der Waals surface area contributed by atoms with Gasteiger partial charge in [0.2, 0.25) is 0 Å². The van der Waals surface area contributed by atoms with Crippen molar-refractivity contribution in [2.24, 2.45) is 0 Å². The molecule has 1 fully saturated rings. The summed E-state index contributed by atoms with van der Waals surface area (Å²) in [5.41, 5.74) is 3.53. The van der Waals surface area contributed by atoms with Gasteiger partial charge in [-0.2, -0.15) is 0 Å². The Morgan fingerprint density at radius 3 is 2.50 bits per heavy atom. The number of likely N-dealkylation sites (tertiary alicyclic amines) is 1. The normalized spacial score (nSPS) is 18.1. The molecule has 1 aliphatic heterocycles. The number of amides is 1. The topological polar surface area (TPSA) is 66.8 Å². The van der Waals surface area contributed by atoms with Crippen molar-refractivity contribution in [3.63, 3.8) is 0 Å². The minimum Gasteiger partial charge on any atom is -0.507 e. The second kappa shape index (κ2) is 9.16. The highest BCUT2D eigenvalue weighted by atomic mass is 16.5. The first-order valence-electron chi connectivity index (χ1n) is 10.5. The van der Waals surface area contributed by atoms with E-state index in [1.54, 1.807) is 11.0 Å². The monoisotopic (exact) mass is 407 g/mol. The van der Waals surface area contributed by atoms with Gasteiger partial charge in [-0.15, -0.1) is 0 Å². The van der Waals surface area contributed by atoms with Gasteiger partial charge in [-0.05, 0) is 62.1 Å². The third kappa shape index (κ3) is 4.11. The van der Waals surface area contributed by atoms with Crippen molar-refractivity contribution in [2.45, 2.75) is 46.6 Å². The third-order valence-corrected chi connectivity index (χ3v) is 5.56. The van der Waals surface area contributed by atoms with Crippen molar-refractivity contribution in [2.75, 3.05) is 13.2 Å². The van der Waals surface area contributed by atoms with Crippen LogP contribution in [0.1, 0.15) is 55.0 Å². The Morgan fingerprint density at radius 2 is 1.83 bits per heavy atom. The van der Waals surface area contributed by atoms with Crippen LogP contribution in [0.4, 0.5) is 0 Å². The van der Waals surface area contributed by atoms with Crippen molar-refractivity contribution in [3.8, 4) is 5.75 Å². The molecule has 0 aromatic heterocycles. The van der Waals surface area contributed by atoms with Crippen LogP contribution in [0.3, 0.4) is 0 Å². The zero-order valence-electron chi connectivity index (χ0n) is 18.1. The number of aliphatic hydroxyl groups excluding tert-OH is 1. The molecule has 1 saturated heterocycles. The molecular formula is C25H29NO4. The summed E-state index contributed by atoms with van der Waals surface area (Å²) in [7, 11) is 0. The molecule has 0 saturated carbocycles. The van der Waals surface area contributed by atoms with E-state index in [4.69, 9.17) is 4.74 Å². The van der Waals surface area contributed by atoms with Crippen molar-refractivity contribution >= 4 is 17.4 Å². The number of hydrogen-bond acceptors (Lipinski definition) is 4. The number of ether oxygens (including phenoxy) is 1. The summed E-state index contributed by atoms with van der Waals surface area (Å²) >= 11 is 0. The van der Waals surface area contributed by atoms with Gasteiger partial charge in [-0.3, -0.25) is 9.59 Å². The minimum absolute atomic E-state index is 0.132. The maximum absolute atomic E-state index is 13.0. The van der Waals surface area contributed by atoms with E-state index < -0.39 is 17.7 Å². The van der Waals surface area contributed by atoms with Crippen molar-refractivity contribution < 1.29 is 19.4 Å². The van der Waals surface area contributed by atoms with Crippen LogP contribution in [0.15, 0.2) is 48.0 Å². The minimum atomic E-state index is -0.645. The third-order valence-electron chi connectivity index (χ3n) is 5.56. The summed E-state index contributed by atoms with van der Waals surface area (Å²) in [6, 6.07) is 12.3. The lowest BCUT2D eigenvalue weighted by molar-refractivity contribution is -0.139. The lowest BCUT2D eigenvalue weighted by Crippen LogP contribution is -2.30. The smallest absolute Gasteiger partial charge is 0.295 e. The van der Waals surface area contributed by atoms with Crippen LogP contribution < -0.4 is 4.74 Å². The molecule has 1 unspecified atom stereocenters. The van der Waals surface area contributed by atoms with E-state index in [0.29, 0.717) is 24.5 Å². The number of unbranched alkanes of at least 4 members (excludes halogenated alkanes) is 1. The molecule has 1 heterocycles. The van der Waals surface area contributed by atoms with Gasteiger partial charge >= 0.3 is 0 Å². The van der Waals surface area contributed by atoms with E-state index >= 15 is 0 Å². The van der Waals surface area contributed by atoms with Crippen molar-refractivity contribution in [1.82, 2.24) is 4.90 Å². The Kier molecular flexibility index (Phi) is 6.60. The lowest BCUT2D eigenvalue weighted by atomic mass is 9.94. The van der Waals surface area contributed by atoms with Gasteiger partial charge in [0.1, 0.15) is 11.5 Å². The molecule has 1 amide bonds. The lowest BCUT2D eigenvalue weighted by Gasteiger charge is -2.25. The molecule has 0 radical (unpaired) electrons. The van der Waals surface area contributed by atoms with Crippen LogP contribution in [-0.4, -0.2) is 34.8 Å². The highest BCUT2D eigenvalue weighted by molar-refractivity contribution is 6.46. The highest BCUT2D eigenvalue weighted by Crippen LogP contribution is 2.40. The number of rotatable bonds is 7. The summed E-state index contributed by atoms with van der Waals surface area (Å²) in [5, 5.41) is 11.1. The molecule has 1 N–H and O–H groups in total. The van der Waals surface area contributed by atoms with Gasteiger partial charge in [-0.1, -0.05) is 37.6 Å². The maximum atomic E-state index is 13.0. The van der Waals surface area contributed by atoms with Crippen LogP contribution in [0, 0.1) is 13.8 Å². The molecule has 0 bridgehead atoms. The Bertz CT molecular complexity index is 992. The number of carbonyl (C=O) groups excluding carboxylic acids is 2. The average molecular weight is 408 g/mol. The van der Waals surface area contributed by atoms with Crippen LogP contribution in [0.25, 0.3) is 5.76 Å². The fourth-order valence-corrected chi connectivity index (χ4v) is 3.77. The molecule has 0 spiro atoms. The zero-order valence-corrected chi connectivity index (χ0v) is 18.1. The summed E-state index contributed by atoms with van der Waals surface area (Å²) in [6.45, 7) is 8.85. The largest absolute Gasteiger partial charge is 0.507 e. The Labute approximate surface area is 178 Å². The Morgan fingerprint density at radius 1 is 1.07 bits per heavy atom. The van der Waals surface area contributed by atoms with Crippen LogP contribution in [-0.2, 0) is 9.59 Å². The van der Waals surface area contributed by atoms with E-state index in [1.165, 1.54) is 0 Å². The quantitative estimate of drug-likeness (QED) is 0.402. The first-order chi connectivity index (χ1) is 14.4. The molecular weight excluding hydrogens is 378 g/mol. The van der Waals surface area contributed by atoms with Gasteiger partial charge in [0.05, 0.1) is 18.2 Å². The number of carbonyl (C=O) groups is 2. The van der Waals surface area contributed by atoms with Crippen LogP contribution >= 0.6 is 0 Å². The van der Waals surface area contributed by atoms with Gasteiger partial charge < -0.3 is 14.7 Å². The predicted octanol–water partition coefficient (Wildman–Crippen LogP) is 4.92. The fourth-order valence-electron chi connectivity index (χ4n) is 3.77. The van der Waals surface area contributed by atoms with Gasteiger partial charge in [0, 0.05) is 12.1 Å². The molecule has 5 heteroatoms. The summed E-state index contributed by atoms with van der Waals surface area (Å²) in [5.74, 6) is -0.682. The number of benzene rings is 2. The van der Waals surface area contributed by atoms with E-state index in [9.17, 15) is 14.7 Å². The first kappa shape index (κ1) is 21.6. The van der Waals surface area contributed by atoms with Gasteiger partial charge in [0.25, 0.3) is 11.7 Å². The number of ketones is 1. The predicted molar refractivity (Wildman–Crippen MR) is 117 cm³/mol. The molecule has 5 nitrogen and oxygen atoms in total. The van der Waals surface area contributed by atoms with E-state index in [1.807, 2.05) is 64.1 Å². The molecule has 1 aliphatic rings. The van der Waals surface area contributed by atoms with Gasteiger partial charge in [-0.25, -0.2) is 0 Å². The van der Waals surface area contributed by atoms with Crippen molar-refractivity contribution in [1.29, 1.82) is 0 Å². The summed E-state index contributed by atoms with van der Waals surface area (Å²) in [4.78, 5) is 27.4. The molecule has 3 rings (SSSR count). The zero-order chi connectivity index (χ0) is 21.8. The second-order valence-electron chi connectivity index (χ2n) is 7.65. The highest BCUT2D eigenvalue weighted by Gasteiger charge is 2.45. The number of aryl methyl sites for hydroxylation is 2. The molecule has 2 aromatic rings. The first-order valence-corrected chi connectivity index (χ1v) is 10.5. The van der Waals surface area contributed by atoms with E-state index in [2.05, 4.69) is 0 Å². The number of Topliss-reactive ketones (excluding diaryl/α,β-unsaturated/α-hetero) is 1. The Balaban J connectivity index is 2.17. The number of hydrogen-bond donors (Lipinski definition) is 1. The molecule has 0 aliphatic carbocycles. The molecule has 1 atom stereocenters. The average Bonchev–Trinajstić information content (AvgIpc) is 2.99. The summed E-state index contributed by atoms with van der Waals surface area (Å²) < 4.78 is 5.62. The van der Waals surface area contributed by atoms with Gasteiger partial charge in [0.15, 0.2) is 0 Å². The molecule has 2 aromatic carbocycles. The van der Waals surface area contributed by atoms with Crippen LogP contribution in [0.5, 0.6) is 5.75 Å². The Hall–Kier alpha value is -3.08. The fraction of sp³-hybridized carbons (Fsp3) is 0.360. The second-order valence-corrected chi connectivity index (χ2v) is 7.65. The number of nitrogens with zero attached hydrogens (tertiary/aromatic N) is 1. The maximum Gasteiger partial charge on any atom is 0.295 e. The van der Waals surface area contributed by atoms with Crippen molar-refractivity contribution in [3.05, 3.63) is 70.3 Å². The summed E-state index contributed by atoms with van der Waals surface area (Å²) in [6.07, 6.45) is 1.67. The molecule has 158 valence electrons. The SMILES string of the molecule is CCCCN1C(=O)C(=O)/C(=C(\O)c2ccc(C)c(C)c2)C1c1cccc(OCC)c1. The van der Waals surface area contributed by atoms with E-state index in [-0.39, 0.29) is 11.3 Å². The molecule has 30 heavy (non-hydrogen) atoms. The number of aliphatic hydroxyl groups is 1. The van der Waals surface area contributed by atoms with E-state index in [0.717, 1.165) is 29.5 Å².